The molecule has 3 nitrogen and oxygen atoms in total. The molecule has 0 amide bonds. The Balaban J connectivity index is 2.65. The van der Waals surface area contributed by atoms with Crippen molar-refractivity contribution in [3.05, 3.63) is 22.8 Å². The van der Waals surface area contributed by atoms with Gasteiger partial charge in [0.05, 0.1) is 14.2 Å². The molecule has 2 rings (SSSR count). The highest BCUT2D eigenvalue weighted by molar-refractivity contribution is 5.99. The second-order valence-electron chi connectivity index (χ2n) is 4.64. The summed E-state index contributed by atoms with van der Waals surface area (Å²) >= 11 is 0. The van der Waals surface area contributed by atoms with Crippen molar-refractivity contribution in [1.82, 2.24) is 0 Å². The highest BCUT2D eigenvalue weighted by Crippen LogP contribution is 2.39. The molecule has 0 unspecified atom stereocenters. The summed E-state index contributed by atoms with van der Waals surface area (Å²) in [4.78, 5) is 12.0. The van der Waals surface area contributed by atoms with Crippen LogP contribution in [0.2, 0.25) is 0 Å². The first-order valence-electron chi connectivity index (χ1n) is 6.52. The first-order chi connectivity index (χ1) is 8.72. The van der Waals surface area contributed by atoms with Gasteiger partial charge in [-0.15, -0.1) is 0 Å². The third kappa shape index (κ3) is 2.09. The predicted molar refractivity (Wildman–Crippen MR) is 70.8 cm³/mol. The third-order valence-corrected chi connectivity index (χ3v) is 3.52. The number of hydrogen-bond acceptors (Lipinski definition) is 3. The van der Waals surface area contributed by atoms with E-state index in [2.05, 4.69) is 6.92 Å². The molecule has 0 saturated heterocycles. The van der Waals surface area contributed by atoms with Gasteiger partial charge in [-0.3, -0.25) is 4.79 Å². The molecule has 18 heavy (non-hydrogen) atoms. The maximum atomic E-state index is 12.0. The van der Waals surface area contributed by atoms with E-state index < -0.39 is 0 Å². The Hall–Kier alpha value is -1.51. The lowest BCUT2D eigenvalue weighted by molar-refractivity contribution is 0.0971. The normalized spacial score (nSPS) is 14.3. The Bertz CT molecular complexity index is 463. The number of carbonyl (C=O) groups is 1. The summed E-state index contributed by atoms with van der Waals surface area (Å²) in [5.41, 5.74) is 3.16. The molecule has 1 aromatic carbocycles. The van der Waals surface area contributed by atoms with Crippen molar-refractivity contribution in [3.63, 3.8) is 0 Å². The summed E-state index contributed by atoms with van der Waals surface area (Å²) in [6, 6.07) is 1.84. The summed E-state index contributed by atoms with van der Waals surface area (Å²) in [5.74, 6) is 1.71. The SMILES string of the molecule is CCCc1c2c(cc(OC)c1OC)C(=O)CCC2. The number of fused-ring (bicyclic) bond motifs is 1. The first kappa shape index (κ1) is 12.9. The number of ketones is 1. The number of benzene rings is 1. The summed E-state index contributed by atoms with van der Waals surface area (Å²) in [5, 5.41) is 0. The summed E-state index contributed by atoms with van der Waals surface area (Å²) in [6.07, 6.45) is 4.52. The number of rotatable bonds is 4. The number of ether oxygens (including phenoxy) is 2. The monoisotopic (exact) mass is 248 g/mol. The van der Waals surface area contributed by atoms with E-state index in [4.69, 9.17) is 9.47 Å². The lowest BCUT2D eigenvalue weighted by atomic mass is 9.85. The van der Waals surface area contributed by atoms with E-state index in [0.717, 1.165) is 42.6 Å². The van der Waals surface area contributed by atoms with Crippen LogP contribution in [-0.2, 0) is 12.8 Å². The van der Waals surface area contributed by atoms with Crippen molar-refractivity contribution in [2.45, 2.75) is 39.0 Å². The third-order valence-electron chi connectivity index (χ3n) is 3.52. The molecule has 1 aromatic rings. The van der Waals surface area contributed by atoms with Crippen LogP contribution in [0.4, 0.5) is 0 Å². The lowest BCUT2D eigenvalue weighted by Gasteiger charge is -2.22. The molecule has 0 saturated carbocycles. The van der Waals surface area contributed by atoms with Gasteiger partial charge in [0.2, 0.25) is 0 Å². The molecule has 0 heterocycles. The Morgan fingerprint density at radius 2 is 2.00 bits per heavy atom. The molecule has 0 bridgehead atoms. The maximum Gasteiger partial charge on any atom is 0.164 e. The molecule has 0 aliphatic heterocycles. The fourth-order valence-corrected chi connectivity index (χ4v) is 2.72. The number of hydrogen-bond donors (Lipinski definition) is 0. The maximum absolute atomic E-state index is 12.0. The van der Waals surface area contributed by atoms with Gasteiger partial charge >= 0.3 is 0 Å². The standard InChI is InChI=1S/C15H20O3/c1-4-6-11-10-7-5-8-13(16)12(10)9-14(17-2)15(11)18-3/h9H,4-8H2,1-3H3. The van der Waals surface area contributed by atoms with Crippen LogP contribution in [0.3, 0.4) is 0 Å². The van der Waals surface area contributed by atoms with E-state index in [1.807, 2.05) is 6.07 Å². The Labute approximate surface area is 108 Å². The Morgan fingerprint density at radius 3 is 2.61 bits per heavy atom. The van der Waals surface area contributed by atoms with Crippen molar-refractivity contribution in [2.75, 3.05) is 14.2 Å². The van der Waals surface area contributed by atoms with Gasteiger partial charge in [-0.1, -0.05) is 13.3 Å². The van der Waals surface area contributed by atoms with Crippen LogP contribution in [0.15, 0.2) is 6.07 Å². The van der Waals surface area contributed by atoms with Crippen molar-refractivity contribution in [2.24, 2.45) is 0 Å². The van der Waals surface area contributed by atoms with E-state index >= 15 is 0 Å². The van der Waals surface area contributed by atoms with Gasteiger partial charge in [-0.2, -0.15) is 0 Å². The minimum atomic E-state index is 0.231. The van der Waals surface area contributed by atoms with E-state index in [1.165, 1.54) is 5.56 Å². The van der Waals surface area contributed by atoms with Crippen molar-refractivity contribution < 1.29 is 14.3 Å². The zero-order valence-electron chi connectivity index (χ0n) is 11.3. The van der Waals surface area contributed by atoms with Crippen LogP contribution in [0.25, 0.3) is 0 Å². The Kier molecular flexibility index (Phi) is 3.90. The summed E-state index contributed by atoms with van der Waals surface area (Å²) in [6.45, 7) is 2.13. The van der Waals surface area contributed by atoms with Crippen LogP contribution in [0.1, 0.15) is 47.7 Å². The van der Waals surface area contributed by atoms with Crippen molar-refractivity contribution >= 4 is 5.78 Å². The van der Waals surface area contributed by atoms with E-state index in [-0.39, 0.29) is 5.78 Å². The first-order valence-corrected chi connectivity index (χ1v) is 6.52. The van der Waals surface area contributed by atoms with Crippen molar-refractivity contribution in [1.29, 1.82) is 0 Å². The molecule has 0 N–H and O–H groups in total. The minimum absolute atomic E-state index is 0.231. The van der Waals surface area contributed by atoms with Crippen molar-refractivity contribution in [3.8, 4) is 11.5 Å². The zero-order chi connectivity index (χ0) is 13.1. The van der Waals surface area contributed by atoms with Crippen LogP contribution in [0, 0.1) is 0 Å². The van der Waals surface area contributed by atoms with Gasteiger partial charge in [0, 0.05) is 17.5 Å². The number of methoxy groups -OCH3 is 2. The fourth-order valence-electron chi connectivity index (χ4n) is 2.72. The molecule has 0 fully saturated rings. The molecule has 1 aliphatic rings. The Morgan fingerprint density at radius 1 is 1.22 bits per heavy atom. The van der Waals surface area contributed by atoms with Gasteiger partial charge < -0.3 is 9.47 Å². The summed E-state index contributed by atoms with van der Waals surface area (Å²) in [7, 11) is 3.28. The molecule has 0 aromatic heterocycles. The van der Waals surface area contributed by atoms with Gasteiger partial charge in [0.25, 0.3) is 0 Å². The summed E-state index contributed by atoms with van der Waals surface area (Å²) < 4.78 is 10.8. The van der Waals surface area contributed by atoms with E-state index in [0.29, 0.717) is 12.2 Å². The quantitative estimate of drug-likeness (QED) is 0.821. The van der Waals surface area contributed by atoms with Crippen LogP contribution < -0.4 is 9.47 Å². The van der Waals surface area contributed by atoms with Crippen LogP contribution in [0.5, 0.6) is 11.5 Å². The fraction of sp³-hybridized carbons (Fsp3) is 0.533. The topological polar surface area (TPSA) is 35.5 Å². The van der Waals surface area contributed by atoms with Gasteiger partial charge in [-0.25, -0.2) is 0 Å². The highest BCUT2D eigenvalue weighted by Gasteiger charge is 2.25. The van der Waals surface area contributed by atoms with E-state index in [1.54, 1.807) is 14.2 Å². The molecule has 1 aliphatic carbocycles. The molecular weight excluding hydrogens is 228 g/mol. The zero-order valence-corrected chi connectivity index (χ0v) is 11.3. The van der Waals surface area contributed by atoms with E-state index in [9.17, 15) is 4.79 Å². The lowest BCUT2D eigenvalue weighted by Crippen LogP contribution is -2.14. The van der Waals surface area contributed by atoms with Crippen LogP contribution >= 0.6 is 0 Å². The van der Waals surface area contributed by atoms with Gasteiger partial charge in [-0.05, 0) is 30.9 Å². The number of Topliss-reactive ketones (excluding diaryl/α,β-unsaturated/α-hetero) is 1. The minimum Gasteiger partial charge on any atom is -0.493 e. The molecule has 0 spiro atoms. The second-order valence-corrected chi connectivity index (χ2v) is 4.64. The predicted octanol–water partition coefficient (Wildman–Crippen LogP) is 3.18. The average molecular weight is 248 g/mol. The molecule has 0 radical (unpaired) electrons. The largest absolute Gasteiger partial charge is 0.493 e. The molecular formula is C15H20O3. The molecule has 3 heteroatoms. The van der Waals surface area contributed by atoms with Gasteiger partial charge in [0.15, 0.2) is 17.3 Å². The average Bonchev–Trinajstić information content (AvgIpc) is 2.39. The number of carbonyl (C=O) groups excluding carboxylic acids is 1. The second kappa shape index (κ2) is 5.42. The van der Waals surface area contributed by atoms with Crippen LogP contribution in [-0.4, -0.2) is 20.0 Å². The molecule has 0 atom stereocenters. The smallest absolute Gasteiger partial charge is 0.164 e. The molecule has 98 valence electrons. The van der Waals surface area contributed by atoms with Gasteiger partial charge in [0.1, 0.15) is 0 Å². The highest BCUT2D eigenvalue weighted by atomic mass is 16.5.